The van der Waals surface area contributed by atoms with Gasteiger partial charge in [0.05, 0.1) is 13.2 Å². The van der Waals surface area contributed by atoms with E-state index >= 15 is 0 Å². The van der Waals surface area contributed by atoms with Crippen molar-refractivity contribution in [2.75, 3.05) is 13.2 Å². The maximum Gasteiger partial charge on any atom is 0.352 e. The Labute approximate surface area is 111 Å². The maximum atomic E-state index is 11.9. The first-order chi connectivity index (χ1) is 8.57. The van der Waals surface area contributed by atoms with Crippen molar-refractivity contribution in [3.8, 4) is 5.75 Å². The van der Waals surface area contributed by atoms with Gasteiger partial charge in [0.2, 0.25) is 5.60 Å². The predicted octanol–water partition coefficient (Wildman–Crippen LogP) is 2.42. The summed E-state index contributed by atoms with van der Waals surface area (Å²) in [5.41, 5.74) is -1.36. The lowest BCUT2D eigenvalue weighted by atomic mass is 10.0. The smallest absolute Gasteiger partial charge is 0.352 e. The average Bonchev–Trinajstić information content (AvgIpc) is 2.38. The van der Waals surface area contributed by atoms with Crippen LogP contribution in [0.4, 0.5) is 0 Å². The first-order valence-corrected chi connectivity index (χ1v) is 6.18. The number of aliphatic hydroxyl groups excluding tert-OH is 1. The third kappa shape index (κ3) is 3.37. The van der Waals surface area contributed by atoms with E-state index < -0.39 is 18.2 Å². The summed E-state index contributed by atoms with van der Waals surface area (Å²) in [6, 6.07) is 6.59. The lowest BCUT2D eigenvalue weighted by Gasteiger charge is -2.29. The van der Waals surface area contributed by atoms with Gasteiger partial charge in [0.25, 0.3) is 0 Å². The van der Waals surface area contributed by atoms with Gasteiger partial charge in [0.1, 0.15) is 5.75 Å². The van der Waals surface area contributed by atoms with E-state index in [0.29, 0.717) is 17.2 Å². The molecule has 0 bridgehead atoms. The molecule has 4 nitrogen and oxygen atoms in total. The highest BCUT2D eigenvalue weighted by Crippen LogP contribution is 2.24. The van der Waals surface area contributed by atoms with Gasteiger partial charge in [0.15, 0.2) is 0 Å². The number of aliphatic hydroxyl groups is 1. The average molecular weight is 273 g/mol. The zero-order chi connectivity index (χ0) is 13.6. The van der Waals surface area contributed by atoms with Crippen molar-refractivity contribution in [3.63, 3.8) is 0 Å². The Morgan fingerprint density at radius 1 is 1.33 bits per heavy atom. The molecule has 1 unspecified atom stereocenters. The van der Waals surface area contributed by atoms with Crippen molar-refractivity contribution >= 4 is 17.6 Å². The number of hydrogen-bond acceptors (Lipinski definition) is 4. The summed E-state index contributed by atoms with van der Waals surface area (Å²) in [4.78, 5) is 11.9. The quantitative estimate of drug-likeness (QED) is 0.808. The molecule has 0 saturated carbocycles. The van der Waals surface area contributed by atoms with Gasteiger partial charge >= 0.3 is 5.97 Å². The van der Waals surface area contributed by atoms with Gasteiger partial charge in [-0.05, 0) is 37.6 Å². The third-order valence-electron chi connectivity index (χ3n) is 2.60. The first kappa shape index (κ1) is 14.8. The van der Waals surface area contributed by atoms with E-state index in [1.807, 2.05) is 0 Å². The lowest BCUT2D eigenvalue weighted by molar-refractivity contribution is -0.166. The van der Waals surface area contributed by atoms with Crippen LogP contribution >= 0.6 is 11.6 Å². The fourth-order valence-corrected chi connectivity index (χ4v) is 1.58. The highest BCUT2D eigenvalue weighted by molar-refractivity contribution is 6.30. The third-order valence-corrected chi connectivity index (χ3v) is 2.85. The van der Waals surface area contributed by atoms with Gasteiger partial charge in [0, 0.05) is 5.02 Å². The Balaban J connectivity index is 2.91. The van der Waals surface area contributed by atoms with E-state index in [0.717, 1.165) is 0 Å². The standard InChI is InChI=1S/C13H17ClO4/c1-3-13(9-15,12(16)17-4-2)18-11-7-5-10(14)6-8-11/h5-8,15H,3-4,9H2,1-2H3. The largest absolute Gasteiger partial charge is 0.473 e. The van der Waals surface area contributed by atoms with E-state index in [4.69, 9.17) is 21.1 Å². The Morgan fingerprint density at radius 2 is 1.94 bits per heavy atom. The minimum absolute atomic E-state index is 0.241. The molecule has 0 aliphatic heterocycles. The number of ether oxygens (including phenoxy) is 2. The second-order valence-electron chi connectivity index (χ2n) is 3.78. The summed E-state index contributed by atoms with van der Waals surface area (Å²) < 4.78 is 10.5. The number of carbonyl (C=O) groups is 1. The Hall–Kier alpha value is -1.26. The molecule has 1 N–H and O–H groups in total. The molecular weight excluding hydrogens is 256 g/mol. The van der Waals surface area contributed by atoms with Crippen LogP contribution in [0, 0.1) is 0 Å². The van der Waals surface area contributed by atoms with Gasteiger partial charge in [-0.1, -0.05) is 18.5 Å². The number of halogens is 1. The van der Waals surface area contributed by atoms with E-state index in [9.17, 15) is 9.90 Å². The van der Waals surface area contributed by atoms with E-state index in [1.54, 1.807) is 38.1 Å². The highest BCUT2D eigenvalue weighted by atomic mass is 35.5. The molecule has 0 aliphatic rings. The summed E-state index contributed by atoms with van der Waals surface area (Å²) in [5.74, 6) is -0.103. The molecule has 0 fully saturated rings. The number of carbonyl (C=O) groups excluding carboxylic acids is 1. The molecule has 1 atom stereocenters. The summed E-state index contributed by atoms with van der Waals surface area (Å²) in [7, 11) is 0. The number of esters is 1. The van der Waals surface area contributed by atoms with Gasteiger partial charge in [-0.3, -0.25) is 0 Å². The van der Waals surface area contributed by atoms with E-state index in [-0.39, 0.29) is 6.61 Å². The number of hydrogen-bond donors (Lipinski definition) is 1. The van der Waals surface area contributed by atoms with Crippen LogP contribution in [0.25, 0.3) is 0 Å². The second kappa shape index (κ2) is 6.61. The Morgan fingerprint density at radius 3 is 2.39 bits per heavy atom. The van der Waals surface area contributed by atoms with Crippen molar-refractivity contribution in [3.05, 3.63) is 29.3 Å². The molecule has 0 aliphatic carbocycles. The number of benzene rings is 1. The molecular formula is C13H17ClO4. The molecule has 0 spiro atoms. The zero-order valence-electron chi connectivity index (χ0n) is 10.5. The fraction of sp³-hybridized carbons (Fsp3) is 0.462. The molecule has 5 heteroatoms. The summed E-state index contributed by atoms with van der Waals surface area (Å²) >= 11 is 5.77. The van der Waals surface area contributed by atoms with Crippen LogP contribution in [-0.4, -0.2) is 29.9 Å². The van der Waals surface area contributed by atoms with Crippen molar-refractivity contribution in [2.24, 2.45) is 0 Å². The van der Waals surface area contributed by atoms with Crippen molar-refractivity contribution in [1.82, 2.24) is 0 Å². The van der Waals surface area contributed by atoms with Crippen LogP contribution in [0.2, 0.25) is 5.02 Å². The zero-order valence-corrected chi connectivity index (χ0v) is 11.2. The topological polar surface area (TPSA) is 55.8 Å². The molecule has 100 valence electrons. The molecule has 18 heavy (non-hydrogen) atoms. The van der Waals surface area contributed by atoms with Crippen LogP contribution in [0.3, 0.4) is 0 Å². The van der Waals surface area contributed by atoms with E-state index in [2.05, 4.69) is 0 Å². The van der Waals surface area contributed by atoms with Crippen LogP contribution in [-0.2, 0) is 9.53 Å². The van der Waals surface area contributed by atoms with Crippen molar-refractivity contribution in [1.29, 1.82) is 0 Å². The van der Waals surface area contributed by atoms with Crippen LogP contribution in [0.5, 0.6) is 5.75 Å². The predicted molar refractivity (Wildman–Crippen MR) is 68.8 cm³/mol. The number of rotatable bonds is 6. The summed E-state index contributed by atoms with van der Waals surface area (Å²) in [5, 5.41) is 10.0. The Kier molecular flexibility index (Phi) is 5.44. The van der Waals surface area contributed by atoms with Gasteiger partial charge < -0.3 is 14.6 Å². The van der Waals surface area contributed by atoms with Crippen molar-refractivity contribution < 1.29 is 19.4 Å². The van der Waals surface area contributed by atoms with Crippen LogP contribution in [0.1, 0.15) is 20.3 Å². The van der Waals surface area contributed by atoms with Crippen LogP contribution in [0.15, 0.2) is 24.3 Å². The molecule has 0 amide bonds. The molecule has 0 aromatic heterocycles. The normalized spacial score (nSPS) is 13.8. The van der Waals surface area contributed by atoms with Crippen molar-refractivity contribution in [2.45, 2.75) is 25.9 Å². The summed E-state index contributed by atoms with van der Waals surface area (Å²) in [6.07, 6.45) is 0.310. The highest BCUT2D eigenvalue weighted by Gasteiger charge is 2.40. The minimum atomic E-state index is -1.36. The second-order valence-corrected chi connectivity index (χ2v) is 4.22. The monoisotopic (exact) mass is 272 g/mol. The first-order valence-electron chi connectivity index (χ1n) is 5.80. The fourth-order valence-electron chi connectivity index (χ4n) is 1.46. The molecule has 1 rings (SSSR count). The maximum absolute atomic E-state index is 11.9. The molecule has 1 aromatic rings. The van der Waals surface area contributed by atoms with Gasteiger partial charge in [-0.2, -0.15) is 0 Å². The summed E-state index contributed by atoms with van der Waals surface area (Å²) in [6.45, 7) is 3.26. The lowest BCUT2D eigenvalue weighted by Crippen LogP contribution is -2.48. The molecule has 0 saturated heterocycles. The molecule has 0 radical (unpaired) electrons. The molecule has 0 heterocycles. The van der Waals surface area contributed by atoms with Crippen LogP contribution < -0.4 is 4.74 Å². The molecule has 1 aromatic carbocycles. The van der Waals surface area contributed by atoms with Gasteiger partial charge in [-0.15, -0.1) is 0 Å². The Bertz CT molecular complexity index is 384. The van der Waals surface area contributed by atoms with Gasteiger partial charge in [-0.25, -0.2) is 4.79 Å². The SMILES string of the molecule is CCOC(=O)C(CC)(CO)Oc1ccc(Cl)cc1. The minimum Gasteiger partial charge on any atom is -0.473 e. The van der Waals surface area contributed by atoms with E-state index in [1.165, 1.54) is 0 Å².